The highest BCUT2D eigenvalue weighted by molar-refractivity contribution is 5.74. The van der Waals surface area contributed by atoms with Gasteiger partial charge < -0.3 is 31.0 Å². The first-order valence-corrected chi connectivity index (χ1v) is 7.72. The van der Waals surface area contributed by atoms with Gasteiger partial charge in [-0.05, 0) is 6.07 Å². The molecule has 1 aromatic carbocycles. The molecule has 2 aromatic rings. The minimum absolute atomic E-state index is 0.115. The molecule has 0 unspecified atom stereocenters. The van der Waals surface area contributed by atoms with Gasteiger partial charge in [0.1, 0.15) is 23.2 Å². The minimum atomic E-state index is 0.115. The van der Waals surface area contributed by atoms with E-state index in [0.29, 0.717) is 53.9 Å². The third-order valence-electron chi connectivity index (χ3n) is 3.99. The molecule has 0 atom stereocenters. The highest BCUT2D eigenvalue weighted by Gasteiger charge is 2.27. The third-order valence-corrected chi connectivity index (χ3v) is 3.99. The number of nitrogens with one attached hydrogen (secondary N) is 1. The van der Waals surface area contributed by atoms with Crippen LogP contribution in [0, 0.1) is 11.3 Å². The molecule has 0 saturated heterocycles. The Labute approximate surface area is 145 Å². The van der Waals surface area contributed by atoms with Crippen LogP contribution in [0.3, 0.4) is 0 Å². The van der Waals surface area contributed by atoms with Crippen molar-refractivity contribution in [2.24, 2.45) is 5.73 Å². The fraction of sp³-hybridized carbons (Fsp3) is 0.294. The number of nitriles is 1. The average Bonchev–Trinajstić information content (AvgIpc) is 2.63. The highest BCUT2D eigenvalue weighted by atomic mass is 16.5. The fourth-order valence-corrected chi connectivity index (χ4v) is 2.80. The molecule has 1 aromatic heterocycles. The number of nitrogens with zero attached hydrogens (tertiary/aromatic N) is 2. The highest BCUT2D eigenvalue weighted by Crippen LogP contribution is 2.45. The maximum absolute atomic E-state index is 9.43. The molecule has 3 rings (SSSR count). The molecule has 8 heteroatoms. The maximum Gasteiger partial charge on any atom is 0.226 e. The molecule has 0 aliphatic carbocycles. The smallest absolute Gasteiger partial charge is 0.226 e. The summed E-state index contributed by atoms with van der Waals surface area (Å²) in [6.07, 6.45) is 0.514. The molecule has 25 heavy (non-hydrogen) atoms. The van der Waals surface area contributed by atoms with E-state index in [1.165, 1.54) is 0 Å². The van der Waals surface area contributed by atoms with Gasteiger partial charge >= 0.3 is 0 Å². The molecule has 2 heterocycles. The monoisotopic (exact) mass is 341 g/mol. The second-order valence-electron chi connectivity index (χ2n) is 5.45. The van der Waals surface area contributed by atoms with E-state index in [1.54, 1.807) is 20.3 Å². The first-order chi connectivity index (χ1) is 12.1. The summed E-state index contributed by atoms with van der Waals surface area (Å²) >= 11 is 0. The van der Waals surface area contributed by atoms with E-state index < -0.39 is 0 Å². The molecule has 130 valence electrons. The minimum Gasteiger partial charge on any atom is -0.493 e. The average molecular weight is 341 g/mol. The van der Waals surface area contributed by atoms with Crippen molar-refractivity contribution in [2.45, 2.75) is 6.42 Å². The quantitative estimate of drug-likeness (QED) is 0.638. The summed E-state index contributed by atoms with van der Waals surface area (Å²) in [5.41, 5.74) is 14.1. The summed E-state index contributed by atoms with van der Waals surface area (Å²) in [4.78, 5) is 4.24. The van der Waals surface area contributed by atoms with Crippen molar-refractivity contribution in [1.82, 2.24) is 4.98 Å². The molecule has 1 aliphatic rings. The molecule has 0 bridgehead atoms. The number of anilines is 2. The van der Waals surface area contributed by atoms with Gasteiger partial charge in [-0.2, -0.15) is 10.2 Å². The first kappa shape index (κ1) is 16.7. The standard InChI is InChI=1S/C17H19N5O3/c1-23-13-6-9-5-10-15(21-4-3-18)11(8-19)16(20)22-17(10)25-12(9)7-14(13)24-2/h6-7H,3-5,18H2,1-2H3,(H3,20,21,22). The van der Waals surface area contributed by atoms with Gasteiger partial charge in [-0.1, -0.05) is 0 Å². The van der Waals surface area contributed by atoms with E-state index in [-0.39, 0.29) is 5.82 Å². The van der Waals surface area contributed by atoms with Crippen molar-refractivity contribution in [2.75, 3.05) is 38.4 Å². The van der Waals surface area contributed by atoms with Gasteiger partial charge in [0.25, 0.3) is 0 Å². The van der Waals surface area contributed by atoms with E-state index >= 15 is 0 Å². The summed E-state index contributed by atoms with van der Waals surface area (Å²) in [6.45, 7) is 0.924. The number of nitrogen functional groups attached to an aromatic ring is 1. The molecular weight excluding hydrogens is 322 g/mol. The van der Waals surface area contributed by atoms with Crippen molar-refractivity contribution < 1.29 is 14.2 Å². The maximum atomic E-state index is 9.43. The number of ether oxygens (including phenoxy) is 3. The van der Waals surface area contributed by atoms with Crippen LogP contribution in [0.2, 0.25) is 0 Å². The lowest BCUT2D eigenvalue weighted by Crippen LogP contribution is -2.18. The second-order valence-corrected chi connectivity index (χ2v) is 5.45. The zero-order chi connectivity index (χ0) is 18.0. The molecule has 0 radical (unpaired) electrons. The van der Waals surface area contributed by atoms with E-state index in [9.17, 15) is 5.26 Å². The van der Waals surface area contributed by atoms with E-state index in [0.717, 1.165) is 11.1 Å². The Bertz CT molecular complexity index is 861. The Morgan fingerprint density at radius 3 is 2.68 bits per heavy atom. The Balaban J connectivity index is 2.12. The van der Waals surface area contributed by atoms with Crippen LogP contribution in [0.4, 0.5) is 11.5 Å². The van der Waals surface area contributed by atoms with Crippen LogP contribution in [0.15, 0.2) is 12.1 Å². The van der Waals surface area contributed by atoms with Crippen molar-refractivity contribution in [3.05, 3.63) is 28.8 Å². The summed E-state index contributed by atoms with van der Waals surface area (Å²) in [7, 11) is 3.14. The number of benzene rings is 1. The Morgan fingerprint density at radius 1 is 1.32 bits per heavy atom. The lowest BCUT2D eigenvalue weighted by molar-refractivity contribution is 0.349. The van der Waals surface area contributed by atoms with Crippen LogP contribution >= 0.6 is 0 Å². The fourth-order valence-electron chi connectivity index (χ4n) is 2.80. The number of rotatable bonds is 5. The summed E-state index contributed by atoms with van der Waals surface area (Å²) < 4.78 is 16.6. The normalized spacial score (nSPS) is 11.6. The molecule has 8 nitrogen and oxygen atoms in total. The zero-order valence-electron chi connectivity index (χ0n) is 14.0. The summed E-state index contributed by atoms with van der Waals surface area (Å²) in [5, 5.41) is 12.6. The Kier molecular flexibility index (Phi) is 4.50. The number of methoxy groups -OCH3 is 2. The molecule has 0 amide bonds. The van der Waals surface area contributed by atoms with E-state index in [2.05, 4.69) is 16.4 Å². The number of hydrogen-bond acceptors (Lipinski definition) is 8. The van der Waals surface area contributed by atoms with Crippen LogP contribution in [0.1, 0.15) is 16.7 Å². The van der Waals surface area contributed by atoms with Crippen LogP contribution in [-0.2, 0) is 6.42 Å². The van der Waals surface area contributed by atoms with Gasteiger partial charge in [0, 0.05) is 36.7 Å². The zero-order valence-corrected chi connectivity index (χ0v) is 14.0. The van der Waals surface area contributed by atoms with Crippen molar-refractivity contribution in [3.63, 3.8) is 0 Å². The lowest BCUT2D eigenvalue weighted by atomic mass is 9.98. The van der Waals surface area contributed by atoms with Gasteiger partial charge in [-0.25, -0.2) is 0 Å². The van der Waals surface area contributed by atoms with Gasteiger partial charge in [-0.15, -0.1) is 0 Å². The van der Waals surface area contributed by atoms with Gasteiger partial charge in [0.05, 0.1) is 19.9 Å². The van der Waals surface area contributed by atoms with Gasteiger partial charge in [-0.3, -0.25) is 0 Å². The topological polar surface area (TPSA) is 128 Å². The first-order valence-electron chi connectivity index (χ1n) is 7.72. The number of nitrogens with two attached hydrogens (primary N) is 2. The number of pyridine rings is 1. The van der Waals surface area contributed by atoms with Crippen LogP contribution in [0.5, 0.6) is 23.1 Å². The van der Waals surface area contributed by atoms with Crippen molar-refractivity contribution in [1.29, 1.82) is 5.26 Å². The van der Waals surface area contributed by atoms with E-state index in [1.807, 2.05) is 6.07 Å². The van der Waals surface area contributed by atoms with Crippen molar-refractivity contribution >= 4 is 11.5 Å². The molecule has 0 saturated carbocycles. The SMILES string of the molecule is COc1cc2c(cc1OC)Oc1nc(N)c(C#N)c(NCCN)c1C2. The van der Waals surface area contributed by atoms with Crippen molar-refractivity contribution in [3.8, 4) is 29.2 Å². The van der Waals surface area contributed by atoms with Crippen LogP contribution in [0.25, 0.3) is 0 Å². The number of fused-ring (bicyclic) bond motifs is 2. The molecule has 5 N–H and O–H groups in total. The van der Waals surface area contributed by atoms with Gasteiger partial charge in [0.15, 0.2) is 11.5 Å². The van der Waals surface area contributed by atoms with Crippen LogP contribution in [-0.4, -0.2) is 32.3 Å². The summed E-state index contributed by atoms with van der Waals surface area (Å²) in [5.74, 6) is 2.27. The predicted molar refractivity (Wildman–Crippen MR) is 93.3 cm³/mol. The number of aromatic nitrogens is 1. The Morgan fingerprint density at radius 2 is 2.04 bits per heavy atom. The molecule has 1 aliphatic heterocycles. The molecular formula is C17H19N5O3. The Hall–Kier alpha value is -3.18. The van der Waals surface area contributed by atoms with E-state index in [4.69, 9.17) is 25.7 Å². The van der Waals surface area contributed by atoms with Crippen LogP contribution < -0.4 is 31.0 Å². The second kappa shape index (κ2) is 6.75. The largest absolute Gasteiger partial charge is 0.493 e. The molecule has 0 spiro atoms. The third kappa shape index (κ3) is 2.86. The molecule has 0 fully saturated rings. The summed E-state index contributed by atoms with van der Waals surface area (Å²) in [6, 6.07) is 5.70. The lowest BCUT2D eigenvalue weighted by Gasteiger charge is -2.24. The van der Waals surface area contributed by atoms with Gasteiger partial charge in [0.2, 0.25) is 5.88 Å². The predicted octanol–water partition coefficient (Wildman–Crippen LogP) is 1.62. The number of hydrogen-bond donors (Lipinski definition) is 3.